The molecule has 0 unspecified atom stereocenters. The van der Waals surface area contributed by atoms with E-state index < -0.39 is 0 Å². The van der Waals surface area contributed by atoms with E-state index in [1.165, 1.54) is 0 Å². The van der Waals surface area contributed by atoms with Gasteiger partial charge in [-0.3, -0.25) is 9.59 Å². The highest BCUT2D eigenvalue weighted by atomic mass is 79.9. The molecule has 1 fully saturated rings. The molecule has 1 aromatic heterocycles. The number of nitrogens with zero attached hydrogens (tertiary/aromatic N) is 2. The molecular weight excluding hydrogens is 420 g/mol. The predicted molar refractivity (Wildman–Crippen MR) is 104 cm³/mol. The fourth-order valence-electron chi connectivity index (χ4n) is 3.11. The second kappa shape index (κ2) is 7.84. The maximum absolute atomic E-state index is 12.8. The minimum Gasteiger partial charge on any atom is -0.465 e. The van der Waals surface area contributed by atoms with Crippen LogP contribution in [0.1, 0.15) is 27.4 Å². The Balaban J connectivity index is 1.59. The molecule has 0 atom stereocenters. The molecule has 0 aliphatic carbocycles. The van der Waals surface area contributed by atoms with Gasteiger partial charge in [-0.2, -0.15) is 0 Å². The van der Waals surface area contributed by atoms with E-state index >= 15 is 0 Å². The molecule has 1 aliphatic rings. The summed E-state index contributed by atoms with van der Waals surface area (Å²) in [4.78, 5) is 28.8. The molecular formula is C19H20BrClN2O3. The molecule has 0 spiro atoms. The molecule has 0 saturated carbocycles. The topological polar surface area (TPSA) is 53.8 Å². The van der Waals surface area contributed by atoms with Gasteiger partial charge >= 0.3 is 0 Å². The smallest absolute Gasteiger partial charge is 0.258 e. The van der Waals surface area contributed by atoms with Gasteiger partial charge < -0.3 is 14.2 Å². The highest BCUT2D eigenvalue weighted by Gasteiger charge is 2.28. The summed E-state index contributed by atoms with van der Waals surface area (Å²) in [7, 11) is 0. The van der Waals surface area contributed by atoms with Crippen LogP contribution < -0.4 is 0 Å². The van der Waals surface area contributed by atoms with E-state index in [4.69, 9.17) is 16.0 Å². The van der Waals surface area contributed by atoms with Crippen LogP contribution in [0.2, 0.25) is 5.02 Å². The Morgan fingerprint density at radius 2 is 1.62 bits per heavy atom. The first-order valence-corrected chi connectivity index (χ1v) is 9.61. The van der Waals surface area contributed by atoms with Gasteiger partial charge in [-0.25, -0.2) is 0 Å². The van der Waals surface area contributed by atoms with Gasteiger partial charge in [-0.1, -0.05) is 23.7 Å². The first-order valence-electron chi connectivity index (χ1n) is 8.44. The highest BCUT2D eigenvalue weighted by molar-refractivity contribution is 9.10. The fraction of sp³-hybridized carbons (Fsp3) is 0.368. The van der Waals surface area contributed by atoms with Crippen molar-refractivity contribution < 1.29 is 14.0 Å². The summed E-state index contributed by atoms with van der Waals surface area (Å²) in [5.74, 6) is 1.32. The maximum Gasteiger partial charge on any atom is 0.258 e. The van der Waals surface area contributed by atoms with Crippen LogP contribution in [-0.2, 0) is 11.2 Å². The van der Waals surface area contributed by atoms with E-state index in [2.05, 4.69) is 15.9 Å². The molecule has 2 amide bonds. The van der Waals surface area contributed by atoms with Gasteiger partial charge in [0.25, 0.3) is 5.91 Å². The first-order chi connectivity index (χ1) is 12.4. The lowest BCUT2D eigenvalue weighted by molar-refractivity contribution is -0.131. The van der Waals surface area contributed by atoms with Crippen molar-refractivity contribution in [1.29, 1.82) is 0 Å². The van der Waals surface area contributed by atoms with Gasteiger partial charge in [-0.05, 0) is 47.5 Å². The number of piperazine rings is 1. The van der Waals surface area contributed by atoms with Gasteiger partial charge in [-0.15, -0.1) is 0 Å². The quantitative estimate of drug-likeness (QED) is 0.730. The molecule has 2 aromatic rings. The molecule has 1 aliphatic heterocycles. The number of carbonyl (C=O) groups excluding carboxylic acids is 2. The van der Waals surface area contributed by atoms with Crippen molar-refractivity contribution in [2.24, 2.45) is 0 Å². The Morgan fingerprint density at radius 1 is 1.04 bits per heavy atom. The number of benzene rings is 1. The SMILES string of the molecule is Cc1oc(C)c(C(=O)N2CCN(C(=O)Cc3ccc(Cl)cc3)CC2)c1Br. The second-order valence-electron chi connectivity index (χ2n) is 6.38. The molecule has 0 bridgehead atoms. The molecule has 1 aromatic carbocycles. The molecule has 7 heteroatoms. The molecule has 2 heterocycles. The minimum atomic E-state index is -0.0592. The van der Waals surface area contributed by atoms with E-state index in [9.17, 15) is 9.59 Å². The zero-order valence-corrected chi connectivity index (χ0v) is 17.1. The van der Waals surface area contributed by atoms with Crippen LogP contribution in [0, 0.1) is 13.8 Å². The monoisotopic (exact) mass is 438 g/mol. The van der Waals surface area contributed by atoms with Crippen LogP contribution >= 0.6 is 27.5 Å². The Kier molecular flexibility index (Phi) is 5.73. The second-order valence-corrected chi connectivity index (χ2v) is 7.61. The summed E-state index contributed by atoms with van der Waals surface area (Å²) in [5, 5.41) is 0.657. The van der Waals surface area contributed by atoms with Gasteiger partial charge in [0.1, 0.15) is 11.5 Å². The number of amides is 2. The van der Waals surface area contributed by atoms with Crippen LogP contribution in [0.3, 0.4) is 0 Å². The van der Waals surface area contributed by atoms with Gasteiger partial charge in [0.05, 0.1) is 16.5 Å². The van der Waals surface area contributed by atoms with Crippen molar-refractivity contribution in [3.8, 4) is 0 Å². The Bertz CT molecular complexity index is 824. The number of rotatable bonds is 3. The van der Waals surface area contributed by atoms with Crippen LogP contribution in [0.15, 0.2) is 33.2 Å². The van der Waals surface area contributed by atoms with Crippen molar-refractivity contribution in [2.75, 3.05) is 26.2 Å². The molecule has 3 rings (SSSR count). The Morgan fingerprint density at radius 3 is 2.15 bits per heavy atom. The van der Waals surface area contributed by atoms with Gasteiger partial charge in [0.15, 0.2) is 0 Å². The zero-order chi connectivity index (χ0) is 18.8. The van der Waals surface area contributed by atoms with E-state index in [1.807, 2.05) is 19.1 Å². The standard InChI is InChI=1S/C19H20BrClN2O3/c1-12-17(18(20)13(2)26-12)19(25)23-9-7-22(8-10-23)16(24)11-14-3-5-15(21)6-4-14/h3-6H,7-11H2,1-2H3. The van der Waals surface area contributed by atoms with Crippen LogP contribution in [0.25, 0.3) is 0 Å². The average molecular weight is 440 g/mol. The van der Waals surface area contributed by atoms with Crippen molar-refractivity contribution in [1.82, 2.24) is 9.80 Å². The molecule has 5 nitrogen and oxygen atoms in total. The van der Waals surface area contributed by atoms with E-state index in [0.717, 1.165) is 5.56 Å². The summed E-state index contributed by atoms with van der Waals surface area (Å²) < 4.78 is 6.23. The summed E-state index contributed by atoms with van der Waals surface area (Å²) >= 11 is 9.30. The molecule has 26 heavy (non-hydrogen) atoms. The van der Waals surface area contributed by atoms with Crippen molar-refractivity contribution in [3.63, 3.8) is 0 Å². The maximum atomic E-state index is 12.8. The Hall–Kier alpha value is -1.79. The average Bonchev–Trinajstić information content (AvgIpc) is 2.88. The first kappa shape index (κ1) is 19.0. The predicted octanol–water partition coefficient (Wildman–Crippen LogP) is 3.84. The summed E-state index contributed by atoms with van der Waals surface area (Å²) in [6, 6.07) is 7.30. The summed E-state index contributed by atoms with van der Waals surface area (Å²) in [6.07, 6.45) is 0.344. The number of hydrogen-bond donors (Lipinski definition) is 0. The van der Waals surface area contributed by atoms with Crippen molar-refractivity contribution in [2.45, 2.75) is 20.3 Å². The summed E-state index contributed by atoms with van der Waals surface area (Å²) in [6.45, 7) is 5.71. The van der Waals surface area contributed by atoms with E-state index in [1.54, 1.807) is 28.9 Å². The number of hydrogen-bond acceptors (Lipinski definition) is 3. The zero-order valence-electron chi connectivity index (χ0n) is 14.7. The molecule has 0 radical (unpaired) electrons. The molecule has 1 saturated heterocycles. The number of halogens is 2. The van der Waals surface area contributed by atoms with Crippen LogP contribution in [0.5, 0.6) is 0 Å². The fourth-order valence-corrected chi connectivity index (χ4v) is 3.76. The van der Waals surface area contributed by atoms with Crippen LogP contribution in [-0.4, -0.2) is 47.8 Å². The third kappa shape index (κ3) is 3.96. The number of aryl methyl sites for hydroxylation is 2. The minimum absolute atomic E-state index is 0.0592. The molecule has 0 N–H and O–H groups in total. The lowest BCUT2D eigenvalue weighted by Gasteiger charge is -2.35. The number of furan rings is 1. The van der Waals surface area contributed by atoms with Crippen molar-refractivity contribution >= 4 is 39.3 Å². The third-order valence-electron chi connectivity index (χ3n) is 4.59. The van der Waals surface area contributed by atoms with Gasteiger partial charge in [0.2, 0.25) is 5.91 Å². The highest BCUT2D eigenvalue weighted by Crippen LogP contribution is 2.28. The Labute approximate surface area is 166 Å². The van der Waals surface area contributed by atoms with Crippen LogP contribution in [0.4, 0.5) is 0 Å². The lowest BCUT2D eigenvalue weighted by atomic mass is 10.1. The van der Waals surface area contributed by atoms with Gasteiger partial charge in [0, 0.05) is 31.2 Å². The largest absolute Gasteiger partial charge is 0.465 e. The summed E-state index contributed by atoms with van der Waals surface area (Å²) in [5.41, 5.74) is 1.51. The molecule has 138 valence electrons. The van der Waals surface area contributed by atoms with E-state index in [0.29, 0.717) is 59.2 Å². The van der Waals surface area contributed by atoms with Crippen molar-refractivity contribution in [3.05, 3.63) is 56.4 Å². The third-order valence-corrected chi connectivity index (χ3v) is 5.80. The number of carbonyl (C=O) groups is 2. The van der Waals surface area contributed by atoms with E-state index in [-0.39, 0.29) is 11.8 Å². The normalized spacial score (nSPS) is 14.6. The lowest BCUT2D eigenvalue weighted by Crippen LogP contribution is -2.51.